The summed E-state index contributed by atoms with van der Waals surface area (Å²) in [7, 11) is 0. The van der Waals surface area contributed by atoms with Gasteiger partial charge in [-0.3, -0.25) is 4.79 Å². The van der Waals surface area contributed by atoms with Crippen LogP contribution >= 0.6 is 0 Å². The van der Waals surface area contributed by atoms with Crippen LogP contribution in [0.25, 0.3) is 0 Å². The van der Waals surface area contributed by atoms with E-state index < -0.39 is 0 Å². The zero-order valence-corrected chi connectivity index (χ0v) is 11.8. The molecule has 1 fully saturated rings. The van der Waals surface area contributed by atoms with Crippen LogP contribution < -0.4 is 0 Å². The second-order valence-electron chi connectivity index (χ2n) is 5.26. The summed E-state index contributed by atoms with van der Waals surface area (Å²) >= 11 is 0. The molecule has 1 aromatic heterocycles. The number of carbonyl (C=O) groups is 1. The highest BCUT2D eigenvalue weighted by Gasteiger charge is 2.34. The molecule has 0 radical (unpaired) electrons. The maximum absolute atomic E-state index is 12.7. The third-order valence-corrected chi connectivity index (χ3v) is 3.96. The van der Waals surface area contributed by atoms with Crippen LogP contribution in [0.3, 0.4) is 0 Å². The Kier molecular flexibility index (Phi) is 3.30. The minimum absolute atomic E-state index is 0.0908. The van der Waals surface area contributed by atoms with Crippen molar-refractivity contribution in [2.75, 3.05) is 6.54 Å². The molecule has 4 heteroatoms. The number of aromatic nitrogens is 1. The maximum atomic E-state index is 12.7. The first-order chi connectivity index (χ1) is 9.68. The summed E-state index contributed by atoms with van der Waals surface area (Å²) in [5.41, 5.74) is 2.71. The zero-order chi connectivity index (χ0) is 14.1. The SMILES string of the molecule is Cc1noc(C)c1[C@H]1CCCN1C(=O)c1ccccc1. The van der Waals surface area contributed by atoms with Crippen LogP contribution in [0.15, 0.2) is 34.9 Å². The van der Waals surface area contributed by atoms with Gasteiger partial charge in [0, 0.05) is 17.7 Å². The first kappa shape index (κ1) is 12.9. The lowest BCUT2D eigenvalue weighted by Gasteiger charge is -2.24. The van der Waals surface area contributed by atoms with E-state index in [1.807, 2.05) is 49.1 Å². The molecule has 2 heterocycles. The number of hydrogen-bond acceptors (Lipinski definition) is 3. The number of amides is 1. The summed E-state index contributed by atoms with van der Waals surface area (Å²) in [6, 6.07) is 9.54. The molecule has 0 aliphatic carbocycles. The highest BCUT2D eigenvalue weighted by Crippen LogP contribution is 2.36. The second kappa shape index (κ2) is 5.12. The van der Waals surface area contributed by atoms with Crippen molar-refractivity contribution in [3.63, 3.8) is 0 Å². The van der Waals surface area contributed by atoms with Gasteiger partial charge in [0.1, 0.15) is 5.76 Å². The number of hydrogen-bond donors (Lipinski definition) is 0. The van der Waals surface area contributed by atoms with Gasteiger partial charge in [0.25, 0.3) is 5.91 Å². The summed E-state index contributed by atoms with van der Waals surface area (Å²) in [5, 5.41) is 4.01. The highest BCUT2D eigenvalue weighted by atomic mass is 16.5. The molecule has 0 saturated carbocycles. The van der Waals surface area contributed by atoms with E-state index in [4.69, 9.17) is 4.52 Å². The van der Waals surface area contributed by atoms with E-state index in [0.29, 0.717) is 0 Å². The molecule has 1 amide bonds. The Labute approximate surface area is 118 Å². The molecule has 1 atom stereocenters. The highest BCUT2D eigenvalue weighted by molar-refractivity contribution is 5.94. The first-order valence-corrected chi connectivity index (χ1v) is 6.97. The molecule has 1 saturated heterocycles. The van der Waals surface area contributed by atoms with Crippen molar-refractivity contribution < 1.29 is 9.32 Å². The maximum Gasteiger partial charge on any atom is 0.254 e. The van der Waals surface area contributed by atoms with Crippen molar-refractivity contribution in [3.05, 3.63) is 52.9 Å². The Bertz CT molecular complexity index is 599. The Morgan fingerprint density at radius 2 is 2.05 bits per heavy atom. The summed E-state index contributed by atoms with van der Waals surface area (Å²) in [5.74, 6) is 0.911. The Hall–Kier alpha value is -2.10. The average Bonchev–Trinajstić information content (AvgIpc) is 3.06. The topological polar surface area (TPSA) is 46.3 Å². The van der Waals surface area contributed by atoms with Gasteiger partial charge >= 0.3 is 0 Å². The molecule has 1 aromatic carbocycles. The van der Waals surface area contributed by atoms with Gasteiger partial charge in [0.15, 0.2) is 0 Å². The molecule has 20 heavy (non-hydrogen) atoms. The molecule has 0 N–H and O–H groups in total. The lowest BCUT2D eigenvalue weighted by Crippen LogP contribution is -2.31. The van der Waals surface area contributed by atoms with Gasteiger partial charge in [-0.15, -0.1) is 0 Å². The van der Waals surface area contributed by atoms with Crippen LogP contribution in [-0.2, 0) is 0 Å². The molecule has 0 bridgehead atoms. The predicted molar refractivity (Wildman–Crippen MR) is 75.4 cm³/mol. The van der Waals surface area contributed by atoms with Crippen LogP contribution in [0.2, 0.25) is 0 Å². The molecule has 1 aliphatic rings. The van der Waals surface area contributed by atoms with Gasteiger partial charge in [-0.1, -0.05) is 23.4 Å². The van der Waals surface area contributed by atoms with Crippen LogP contribution in [0.1, 0.15) is 46.3 Å². The Morgan fingerprint density at radius 1 is 1.30 bits per heavy atom. The van der Waals surface area contributed by atoms with Crippen molar-refractivity contribution in [2.45, 2.75) is 32.7 Å². The Morgan fingerprint density at radius 3 is 2.70 bits per heavy atom. The van der Waals surface area contributed by atoms with E-state index in [9.17, 15) is 4.79 Å². The fourth-order valence-electron chi connectivity index (χ4n) is 3.02. The number of likely N-dealkylation sites (tertiary alicyclic amines) is 1. The van der Waals surface area contributed by atoms with Gasteiger partial charge in [-0.25, -0.2) is 0 Å². The van der Waals surface area contributed by atoms with Crippen LogP contribution in [0.5, 0.6) is 0 Å². The van der Waals surface area contributed by atoms with E-state index >= 15 is 0 Å². The summed E-state index contributed by atoms with van der Waals surface area (Å²) in [6.07, 6.45) is 1.99. The van der Waals surface area contributed by atoms with Gasteiger partial charge in [0.2, 0.25) is 0 Å². The molecule has 1 aliphatic heterocycles. The van der Waals surface area contributed by atoms with Crippen molar-refractivity contribution in [1.82, 2.24) is 10.1 Å². The molecule has 0 unspecified atom stereocenters. The van der Waals surface area contributed by atoms with Crippen LogP contribution in [0.4, 0.5) is 0 Å². The van der Waals surface area contributed by atoms with Crippen molar-refractivity contribution >= 4 is 5.91 Å². The van der Waals surface area contributed by atoms with Crippen LogP contribution in [-0.4, -0.2) is 22.5 Å². The smallest absolute Gasteiger partial charge is 0.254 e. The van der Waals surface area contributed by atoms with Gasteiger partial charge < -0.3 is 9.42 Å². The molecule has 3 rings (SSSR count). The summed E-state index contributed by atoms with van der Waals surface area (Å²) in [4.78, 5) is 14.6. The molecular weight excluding hydrogens is 252 g/mol. The quantitative estimate of drug-likeness (QED) is 0.841. The fourth-order valence-corrected chi connectivity index (χ4v) is 3.02. The number of carbonyl (C=O) groups excluding carboxylic acids is 1. The number of aryl methyl sites for hydroxylation is 2. The molecule has 104 valence electrons. The van der Waals surface area contributed by atoms with Crippen molar-refractivity contribution in [3.8, 4) is 0 Å². The average molecular weight is 270 g/mol. The zero-order valence-electron chi connectivity index (χ0n) is 11.8. The predicted octanol–water partition coefficient (Wildman–Crippen LogP) is 3.27. The molecule has 4 nitrogen and oxygen atoms in total. The summed E-state index contributed by atoms with van der Waals surface area (Å²) < 4.78 is 5.25. The molecular formula is C16H18N2O2. The molecule has 0 spiro atoms. The number of nitrogens with zero attached hydrogens (tertiary/aromatic N) is 2. The van der Waals surface area contributed by atoms with Gasteiger partial charge in [-0.2, -0.15) is 0 Å². The molecule has 2 aromatic rings. The second-order valence-corrected chi connectivity index (χ2v) is 5.26. The van der Waals surface area contributed by atoms with Gasteiger partial charge in [0.05, 0.1) is 11.7 Å². The van der Waals surface area contributed by atoms with Crippen molar-refractivity contribution in [1.29, 1.82) is 0 Å². The largest absolute Gasteiger partial charge is 0.361 e. The third kappa shape index (κ3) is 2.11. The monoisotopic (exact) mass is 270 g/mol. The van der Waals surface area contributed by atoms with E-state index in [1.54, 1.807) is 0 Å². The van der Waals surface area contributed by atoms with Crippen molar-refractivity contribution in [2.24, 2.45) is 0 Å². The lowest BCUT2D eigenvalue weighted by atomic mass is 10.0. The van der Waals surface area contributed by atoms with E-state index in [0.717, 1.165) is 42.0 Å². The van der Waals surface area contributed by atoms with E-state index in [-0.39, 0.29) is 11.9 Å². The third-order valence-electron chi connectivity index (χ3n) is 3.96. The standard InChI is InChI=1S/C16H18N2O2/c1-11-15(12(2)20-17-11)14-9-6-10-18(14)16(19)13-7-4-3-5-8-13/h3-5,7-8,14H,6,9-10H2,1-2H3/t14-/m1/s1. The normalized spacial score (nSPS) is 18.5. The van der Waals surface area contributed by atoms with Gasteiger partial charge in [-0.05, 0) is 38.8 Å². The van der Waals surface area contributed by atoms with E-state index in [2.05, 4.69) is 5.16 Å². The summed E-state index contributed by atoms with van der Waals surface area (Å²) in [6.45, 7) is 4.65. The van der Waals surface area contributed by atoms with E-state index in [1.165, 1.54) is 0 Å². The lowest BCUT2D eigenvalue weighted by molar-refractivity contribution is 0.0734. The Balaban J connectivity index is 1.92. The minimum atomic E-state index is 0.0908. The number of benzene rings is 1. The number of rotatable bonds is 2. The minimum Gasteiger partial charge on any atom is -0.361 e. The van der Waals surface area contributed by atoms with Crippen LogP contribution in [0, 0.1) is 13.8 Å². The fraction of sp³-hybridized carbons (Fsp3) is 0.375. The first-order valence-electron chi connectivity index (χ1n) is 6.97.